The lowest BCUT2D eigenvalue weighted by atomic mass is 10.2. The van der Waals surface area contributed by atoms with Gasteiger partial charge in [0, 0.05) is 24.3 Å². The van der Waals surface area contributed by atoms with Gasteiger partial charge in [-0.3, -0.25) is 4.79 Å². The first-order valence-electron chi connectivity index (χ1n) is 5.44. The van der Waals surface area contributed by atoms with Gasteiger partial charge in [0.05, 0.1) is 0 Å². The van der Waals surface area contributed by atoms with Crippen LogP contribution in [0.3, 0.4) is 0 Å². The minimum atomic E-state index is -0.147. The molecular weight excluding hydrogens is 296 g/mol. The van der Waals surface area contributed by atoms with E-state index in [4.69, 9.17) is 0 Å². The molecule has 1 aromatic carbocycles. The lowest BCUT2D eigenvalue weighted by Crippen LogP contribution is -2.24. The maximum Gasteiger partial charge on any atom is 0.268 e. The van der Waals surface area contributed by atoms with E-state index in [1.54, 1.807) is 28.8 Å². The van der Waals surface area contributed by atoms with E-state index in [0.29, 0.717) is 12.2 Å². The Balaban J connectivity index is 2.03. The fourth-order valence-electron chi connectivity index (χ4n) is 1.69. The zero-order valence-corrected chi connectivity index (χ0v) is 11.4. The summed E-state index contributed by atoms with van der Waals surface area (Å²) in [5.74, 6) is 0.0508. The third kappa shape index (κ3) is 2.92. The van der Waals surface area contributed by atoms with Gasteiger partial charge >= 0.3 is 0 Å². The van der Waals surface area contributed by atoms with Crippen molar-refractivity contribution in [2.45, 2.75) is 6.54 Å². The Morgan fingerprint density at radius 3 is 2.83 bits per heavy atom. The Hall–Kier alpha value is -1.75. The largest absolute Gasteiger partial charge is 0.508 e. The smallest absolute Gasteiger partial charge is 0.268 e. The highest BCUT2D eigenvalue weighted by Crippen LogP contribution is 2.14. The van der Waals surface area contributed by atoms with Crippen LogP contribution in [0.15, 0.2) is 41.0 Å². The highest BCUT2D eigenvalue weighted by molar-refractivity contribution is 9.10. The number of halogens is 1. The maximum absolute atomic E-state index is 11.9. The number of phenols is 1. The molecule has 0 atom stereocenters. The summed E-state index contributed by atoms with van der Waals surface area (Å²) in [5, 5.41) is 12.1. The zero-order chi connectivity index (χ0) is 13.1. The number of aromatic hydroxyl groups is 1. The topological polar surface area (TPSA) is 54.3 Å². The molecule has 1 aromatic heterocycles. The van der Waals surface area contributed by atoms with Crippen molar-refractivity contribution in [3.05, 3.63) is 52.3 Å². The summed E-state index contributed by atoms with van der Waals surface area (Å²) in [6.07, 6.45) is 1.82. The van der Waals surface area contributed by atoms with Crippen molar-refractivity contribution in [1.82, 2.24) is 9.88 Å². The molecule has 0 saturated heterocycles. The number of amides is 1. The highest BCUT2D eigenvalue weighted by Gasteiger charge is 2.10. The average molecular weight is 309 g/mol. The maximum atomic E-state index is 11.9. The SMILES string of the molecule is Cn1cc(Br)cc1C(=O)NCc1cccc(O)c1. The van der Waals surface area contributed by atoms with Crippen LogP contribution in [0.25, 0.3) is 0 Å². The van der Waals surface area contributed by atoms with Crippen LogP contribution in [0.2, 0.25) is 0 Å². The van der Waals surface area contributed by atoms with E-state index in [0.717, 1.165) is 10.0 Å². The molecule has 2 aromatic rings. The standard InChI is InChI=1S/C13H13BrN2O2/c1-16-8-10(14)6-12(16)13(18)15-7-9-3-2-4-11(17)5-9/h2-6,8,17H,7H2,1H3,(H,15,18). The van der Waals surface area contributed by atoms with Crippen LogP contribution >= 0.6 is 15.9 Å². The molecule has 0 aliphatic carbocycles. The monoisotopic (exact) mass is 308 g/mol. The molecule has 0 fully saturated rings. The second-order valence-electron chi connectivity index (χ2n) is 4.01. The molecule has 2 N–H and O–H groups in total. The van der Waals surface area contributed by atoms with E-state index in [-0.39, 0.29) is 11.7 Å². The van der Waals surface area contributed by atoms with Gasteiger partial charge in [-0.1, -0.05) is 12.1 Å². The quantitative estimate of drug-likeness (QED) is 0.915. The number of nitrogens with zero attached hydrogens (tertiary/aromatic N) is 1. The van der Waals surface area contributed by atoms with Gasteiger partial charge in [-0.2, -0.15) is 0 Å². The van der Waals surface area contributed by atoms with Gasteiger partial charge in [0.15, 0.2) is 0 Å². The summed E-state index contributed by atoms with van der Waals surface area (Å²) < 4.78 is 2.62. The predicted molar refractivity (Wildman–Crippen MR) is 72.4 cm³/mol. The first-order chi connectivity index (χ1) is 8.56. The Kier molecular flexibility index (Phi) is 3.72. The number of carbonyl (C=O) groups is 1. The molecule has 0 aliphatic rings. The van der Waals surface area contributed by atoms with Crippen LogP contribution in [-0.4, -0.2) is 15.6 Å². The first-order valence-corrected chi connectivity index (χ1v) is 6.23. The molecule has 1 heterocycles. The number of hydrogen-bond donors (Lipinski definition) is 2. The summed E-state index contributed by atoms with van der Waals surface area (Å²) in [6.45, 7) is 0.385. The van der Waals surface area contributed by atoms with Crippen molar-refractivity contribution < 1.29 is 9.90 Å². The molecule has 0 saturated carbocycles. The second-order valence-corrected chi connectivity index (χ2v) is 4.92. The van der Waals surface area contributed by atoms with E-state index >= 15 is 0 Å². The Labute approximate surface area is 113 Å². The van der Waals surface area contributed by atoms with Crippen LogP contribution < -0.4 is 5.32 Å². The predicted octanol–water partition coefficient (Wildman–Crippen LogP) is 2.42. The fourth-order valence-corrected chi connectivity index (χ4v) is 2.21. The number of nitrogens with one attached hydrogen (secondary N) is 1. The van der Waals surface area contributed by atoms with Gasteiger partial charge in [0.25, 0.3) is 5.91 Å². The van der Waals surface area contributed by atoms with Crippen LogP contribution in [0, 0.1) is 0 Å². The van der Waals surface area contributed by atoms with Crippen LogP contribution in [-0.2, 0) is 13.6 Å². The van der Waals surface area contributed by atoms with Gasteiger partial charge in [-0.25, -0.2) is 0 Å². The van der Waals surface area contributed by atoms with Crippen molar-refractivity contribution in [2.75, 3.05) is 0 Å². The van der Waals surface area contributed by atoms with E-state index in [1.165, 1.54) is 0 Å². The highest BCUT2D eigenvalue weighted by atomic mass is 79.9. The summed E-state index contributed by atoms with van der Waals surface area (Å²) in [4.78, 5) is 11.9. The van der Waals surface area contributed by atoms with Crippen molar-refractivity contribution in [3.8, 4) is 5.75 Å². The minimum Gasteiger partial charge on any atom is -0.508 e. The molecule has 0 bridgehead atoms. The Bertz CT molecular complexity index is 578. The molecule has 2 rings (SSSR count). The van der Waals surface area contributed by atoms with E-state index < -0.39 is 0 Å². The lowest BCUT2D eigenvalue weighted by molar-refractivity contribution is 0.0942. The van der Waals surface area contributed by atoms with Crippen LogP contribution in [0.5, 0.6) is 5.75 Å². The number of hydrogen-bond acceptors (Lipinski definition) is 2. The van der Waals surface area contributed by atoms with E-state index in [1.807, 2.05) is 19.3 Å². The van der Waals surface area contributed by atoms with Crippen molar-refractivity contribution >= 4 is 21.8 Å². The van der Waals surface area contributed by atoms with Gasteiger partial charge < -0.3 is 15.0 Å². The Morgan fingerprint density at radius 1 is 1.44 bits per heavy atom. The van der Waals surface area contributed by atoms with Gasteiger partial charge in [0.1, 0.15) is 11.4 Å². The molecule has 5 heteroatoms. The molecule has 94 valence electrons. The van der Waals surface area contributed by atoms with Crippen molar-refractivity contribution in [1.29, 1.82) is 0 Å². The van der Waals surface area contributed by atoms with Crippen molar-refractivity contribution in [2.24, 2.45) is 7.05 Å². The molecule has 1 amide bonds. The molecule has 18 heavy (non-hydrogen) atoms. The summed E-state index contributed by atoms with van der Waals surface area (Å²) in [7, 11) is 1.81. The number of carbonyl (C=O) groups excluding carboxylic acids is 1. The lowest BCUT2D eigenvalue weighted by Gasteiger charge is -2.06. The van der Waals surface area contributed by atoms with Crippen molar-refractivity contribution in [3.63, 3.8) is 0 Å². The Morgan fingerprint density at radius 2 is 2.22 bits per heavy atom. The minimum absolute atomic E-state index is 0.147. The van der Waals surface area contributed by atoms with Gasteiger partial charge in [-0.05, 0) is 39.7 Å². The molecule has 0 spiro atoms. The first kappa shape index (κ1) is 12.7. The molecule has 4 nitrogen and oxygen atoms in total. The van der Waals surface area contributed by atoms with Crippen LogP contribution in [0.1, 0.15) is 16.1 Å². The molecule has 0 radical (unpaired) electrons. The molecule has 0 aliphatic heterocycles. The number of aromatic nitrogens is 1. The molecular formula is C13H13BrN2O2. The summed E-state index contributed by atoms with van der Waals surface area (Å²) in [5.41, 5.74) is 1.44. The second kappa shape index (κ2) is 5.27. The normalized spacial score (nSPS) is 10.3. The van der Waals surface area contributed by atoms with Gasteiger partial charge in [-0.15, -0.1) is 0 Å². The van der Waals surface area contributed by atoms with E-state index in [2.05, 4.69) is 21.2 Å². The summed E-state index contributed by atoms with van der Waals surface area (Å²) in [6, 6.07) is 8.58. The third-order valence-corrected chi connectivity index (χ3v) is 3.00. The number of aryl methyl sites for hydroxylation is 1. The number of benzene rings is 1. The molecule has 0 unspecified atom stereocenters. The van der Waals surface area contributed by atoms with Crippen LogP contribution in [0.4, 0.5) is 0 Å². The number of phenolic OH excluding ortho intramolecular Hbond substituents is 1. The third-order valence-electron chi connectivity index (χ3n) is 2.57. The average Bonchev–Trinajstić information content (AvgIpc) is 2.66. The van der Waals surface area contributed by atoms with E-state index in [9.17, 15) is 9.90 Å². The van der Waals surface area contributed by atoms with Gasteiger partial charge in [0.2, 0.25) is 0 Å². The summed E-state index contributed by atoms with van der Waals surface area (Å²) >= 11 is 3.32. The zero-order valence-electron chi connectivity index (χ0n) is 9.85. The fraction of sp³-hybridized carbons (Fsp3) is 0.154. The number of rotatable bonds is 3.